The van der Waals surface area contributed by atoms with Gasteiger partial charge >= 0.3 is 11.9 Å². The smallest absolute Gasteiger partial charge is 0.338 e. The predicted molar refractivity (Wildman–Crippen MR) is 102 cm³/mol. The average Bonchev–Trinajstić information content (AvgIpc) is 3.12. The molecule has 1 saturated heterocycles. The number of carbonyl (C=O) groups is 2. The van der Waals surface area contributed by atoms with Crippen LogP contribution in [0.25, 0.3) is 0 Å². The van der Waals surface area contributed by atoms with Crippen LogP contribution in [0.2, 0.25) is 0 Å². The molecule has 0 amide bonds. The number of benzene rings is 2. The molecule has 1 N–H and O–H groups in total. The van der Waals surface area contributed by atoms with Gasteiger partial charge in [-0.15, -0.1) is 0 Å². The summed E-state index contributed by atoms with van der Waals surface area (Å²) in [7, 11) is 0. The third-order valence-corrected chi connectivity index (χ3v) is 4.96. The quantitative estimate of drug-likeness (QED) is 0.626. The summed E-state index contributed by atoms with van der Waals surface area (Å²) < 4.78 is 10.5. The molecular formula is C22H25NO4. The highest BCUT2D eigenvalue weighted by atomic mass is 16.6. The van der Waals surface area contributed by atoms with Gasteiger partial charge in [0.15, 0.2) is 0 Å². The summed E-state index contributed by atoms with van der Waals surface area (Å²) in [5.41, 5.74) is 0.573. The molecule has 1 fully saturated rings. The van der Waals surface area contributed by atoms with E-state index in [4.69, 9.17) is 9.47 Å². The van der Waals surface area contributed by atoms with Crippen molar-refractivity contribution in [2.45, 2.75) is 37.8 Å². The highest BCUT2D eigenvalue weighted by Crippen LogP contribution is 2.45. The van der Waals surface area contributed by atoms with Crippen LogP contribution in [-0.4, -0.2) is 30.7 Å². The number of carbonyl (C=O) groups excluding carboxylic acids is 2. The van der Waals surface area contributed by atoms with Crippen LogP contribution in [0.4, 0.5) is 0 Å². The molecule has 3 rings (SSSR count). The molecule has 2 aromatic rings. The Kier molecular flexibility index (Phi) is 5.91. The van der Waals surface area contributed by atoms with E-state index in [-0.39, 0.29) is 31.6 Å². The third kappa shape index (κ3) is 3.74. The van der Waals surface area contributed by atoms with Gasteiger partial charge in [0.2, 0.25) is 5.54 Å². The van der Waals surface area contributed by atoms with Crippen molar-refractivity contribution < 1.29 is 19.1 Å². The molecule has 2 aromatic carbocycles. The molecule has 0 saturated carbocycles. The zero-order valence-corrected chi connectivity index (χ0v) is 15.7. The maximum absolute atomic E-state index is 12.9. The van der Waals surface area contributed by atoms with E-state index in [2.05, 4.69) is 5.32 Å². The van der Waals surface area contributed by atoms with E-state index in [1.165, 1.54) is 0 Å². The van der Waals surface area contributed by atoms with Crippen LogP contribution >= 0.6 is 0 Å². The molecule has 1 aliphatic rings. The number of hydrogen-bond donors (Lipinski definition) is 1. The minimum atomic E-state index is -1.51. The first kappa shape index (κ1) is 19.1. The van der Waals surface area contributed by atoms with E-state index >= 15 is 0 Å². The van der Waals surface area contributed by atoms with Gasteiger partial charge in [0, 0.05) is 12.0 Å². The first-order chi connectivity index (χ1) is 13.1. The lowest BCUT2D eigenvalue weighted by Gasteiger charge is -2.25. The fourth-order valence-corrected chi connectivity index (χ4v) is 3.74. The van der Waals surface area contributed by atoms with Gasteiger partial charge < -0.3 is 9.47 Å². The Morgan fingerprint density at radius 3 is 1.85 bits per heavy atom. The molecule has 0 spiro atoms. The second-order valence-electron chi connectivity index (χ2n) is 6.60. The predicted octanol–water partition coefficient (Wildman–Crippen LogP) is 3.37. The van der Waals surface area contributed by atoms with Crippen LogP contribution in [0, 0.1) is 0 Å². The zero-order valence-electron chi connectivity index (χ0n) is 15.7. The molecule has 0 aromatic heterocycles. The number of nitrogens with one attached hydrogen (secondary N) is 1. The van der Waals surface area contributed by atoms with Crippen LogP contribution in [0.1, 0.15) is 43.4 Å². The summed E-state index contributed by atoms with van der Waals surface area (Å²) in [6.07, 6.45) is 0.286. The zero-order chi connectivity index (χ0) is 19.3. The highest BCUT2D eigenvalue weighted by Gasteiger charge is 2.58. The van der Waals surface area contributed by atoms with Gasteiger partial charge in [0.1, 0.15) is 0 Å². The van der Waals surface area contributed by atoms with E-state index < -0.39 is 17.5 Å². The molecule has 0 aliphatic carbocycles. The van der Waals surface area contributed by atoms with Gasteiger partial charge in [-0.3, -0.25) is 5.32 Å². The van der Waals surface area contributed by atoms with Gasteiger partial charge in [-0.05, 0) is 31.4 Å². The van der Waals surface area contributed by atoms with E-state index in [0.717, 1.165) is 11.1 Å². The molecule has 1 aliphatic heterocycles. The first-order valence-corrected chi connectivity index (χ1v) is 9.34. The summed E-state index contributed by atoms with van der Waals surface area (Å²) in [5, 5.41) is 3.29. The van der Waals surface area contributed by atoms with Crippen LogP contribution in [0.5, 0.6) is 0 Å². The second kappa shape index (κ2) is 8.35. The van der Waals surface area contributed by atoms with Crippen LogP contribution in [0.15, 0.2) is 60.7 Å². The maximum atomic E-state index is 12.9. The largest absolute Gasteiger partial charge is 0.464 e. The number of ether oxygens (including phenoxy) is 2. The van der Waals surface area contributed by atoms with E-state index in [1.807, 2.05) is 60.7 Å². The van der Waals surface area contributed by atoms with E-state index in [0.29, 0.717) is 0 Å². The molecule has 0 unspecified atom stereocenters. The molecule has 0 radical (unpaired) electrons. The lowest BCUT2D eigenvalue weighted by atomic mass is 9.84. The number of esters is 2. The summed E-state index contributed by atoms with van der Waals surface area (Å²) in [6.45, 7) is 3.87. The molecule has 2 atom stereocenters. The minimum absolute atomic E-state index is 0.0672. The van der Waals surface area contributed by atoms with Crippen molar-refractivity contribution in [1.82, 2.24) is 5.32 Å². The molecule has 27 heavy (non-hydrogen) atoms. The highest BCUT2D eigenvalue weighted by molar-refractivity contribution is 6.05. The lowest BCUT2D eigenvalue weighted by Crippen LogP contribution is -2.56. The van der Waals surface area contributed by atoms with Crippen molar-refractivity contribution in [2.24, 2.45) is 0 Å². The van der Waals surface area contributed by atoms with Crippen LogP contribution < -0.4 is 5.32 Å². The molecule has 5 nitrogen and oxygen atoms in total. The summed E-state index contributed by atoms with van der Waals surface area (Å²) in [5.74, 6) is -1.23. The fraction of sp³-hybridized carbons (Fsp3) is 0.364. The van der Waals surface area contributed by atoms with Crippen molar-refractivity contribution >= 4 is 11.9 Å². The van der Waals surface area contributed by atoms with Gasteiger partial charge in [-0.1, -0.05) is 60.7 Å². The Hall–Kier alpha value is -2.66. The maximum Gasteiger partial charge on any atom is 0.338 e. The Balaban J connectivity index is 2.06. The van der Waals surface area contributed by atoms with Crippen LogP contribution in [0.3, 0.4) is 0 Å². The van der Waals surface area contributed by atoms with Crippen molar-refractivity contribution in [1.29, 1.82) is 0 Å². The number of rotatable bonds is 6. The Labute approximate surface area is 159 Å². The first-order valence-electron chi connectivity index (χ1n) is 9.34. The Morgan fingerprint density at radius 2 is 1.37 bits per heavy atom. The average molecular weight is 367 g/mol. The summed E-state index contributed by atoms with van der Waals surface area (Å²) in [6, 6.07) is 19.6. The fourth-order valence-electron chi connectivity index (χ4n) is 3.74. The molecule has 5 heteroatoms. The van der Waals surface area contributed by atoms with Crippen molar-refractivity contribution in [3.8, 4) is 0 Å². The third-order valence-electron chi connectivity index (χ3n) is 4.96. The Bertz CT molecular complexity index is 708. The topological polar surface area (TPSA) is 64.6 Å². The van der Waals surface area contributed by atoms with Gasteiger partial charge in [0.05, 0.1) is 13.2 Å². The van der Waals surface area contributed by atoms with E-state index in [1.54, 1.807) is 13.8 Å². The van der Waals surface area contributed by atoms with E-state index in [9.17, 15) is 9.59 Å². The SMILES string of the molecule is CCOC(=O)C1(C(=O)OCC)C[C@H](c2ccccc2)[C@@H](c2ccccc2)N1. The van der Waals surface area contributed by atoms with Crippen molar-refractivity contribution in [2.75, 3.05) is 13.2 Å². The number of hydrogen-bond acceptors (Lipinski definition) is 5. The summed E-state index contributed by atoms with van der Waals surface area (Å²) in [4.78, 5) is 25.7. The standard InChI is InChI=1S/C22H25NO4/c1-3-26-20(24)22(21(25)27-4-2)15-18(16-11-7-5-8-12-16)19(23-22)17-13-9-6-10-14-17/h5-14,18-19,23H,3-4,15H2,1-2H3/t18-,19-/m1/s1. The lowest BCUT2D eigenvalue weighted by molar-refractivity contribution is -0.165. The van der Waals surface area contributed by atoms with Crippen molar-refractivity contribution in [3.63, 3.8) is 0 Å². The normalized spacial score (nSPS) is 20.8. The minimum Gasteiger partial charge on any atom is -0.464 e. The second-order valence-corrected chi connectivity index (χ2v) is 6.60. The summed E-state index contributed by atoms with van der Waals surface area (Å²) >= 11 is 0. The van der Waals surface area contributed by atoms with Crippen LogP contribution in [-0.2, 0) is 19.1 Å². The van der Waals surface area contributed by atoms with Gasteiger partial charge in [-0.2, -0.15) is 0 Å². The molecule has 0 bridgehead atoms. The molecule has 142 valence electrons. The van der Waals surface area contributed by atoms with Gasteiger partial charge in [-0.25, -0.2) is 9.59 Å². The van der Waals surface area contributed by atoms with Crippen molar-refractivity contribution in [3.05, 3.63) is 71.8 Å². The Morgan fingerprint density at radius 1 is 0.889 bits per heavy atom. The molecule has 1 heterocycles. The molecular weight excluding hydrogens is 342 g/mol. The van der Waals surface area contributed by atoms with Gasteiger partial charge in [0.25, 0.3) is 0 Å². The monoisotopic (exact) mass is 367 g/mol.